The van der Waals surface area contributed by atoms with Crippen molar-refractivity contribution >= 4 is 22.8 Å². The topological polar surface area (TPSA) is 68.4 Å². The summed E-state index contributed by atoms with van der Waals surface area (Å²) in [7, 11) is 2.21. The summed E-state index contributed by atoms with van der Waals surface area (Å²) in [5.74, 6) is 0.766. The number of H-pyrrole nitrogens is 1. The predicted octanol–water partition coefficient (Wildman–Crippen LogP) is 2.07. The maximum atomic E-state index is 12.1. The van der Waals surface area contributed by atoms with Crippen LogP contribution in [0.1, 0.15) is 29.9 Å². The fraction of sp³-hybridized carbons (Fsp3) is 0.500. The highest BCUT2D eigenvalue weighted by atomic mass is 16.2. The van der Waals surface area contributed by atoms with Crippen molar-refractivity contribution in [3.05, 3.63) is 35.5 Å². The summed E-state index contributed by atoms with van der Waals surface area (Å²) in [6, 6.07) is 6.87. The van der Waals surface area contributed by atoms with Crippen LogP contribution in [0, 0.1) is 5.92 Å². The number of likely N-dealkylation sites (tertiary alicyclic amines) is 1. The van der Waals surface area contributed by atoms with Crippen molar-refractivity contribution in [1.29, 1.82) is 0 Å². The number of aromatic nitrogens is 1. The van der Waals surface area contributed by atoms with Crippen molar-refractivity contribution in [1.82, 2.24) is 20.1 Å². The lowest BCUT2D eigenvalue weighted by atomic mass is 9.72. The first-order chi connectivity index (χ1) is 12.6. The number of aromatic amines is 1. The van der Waals surface area contributed by atoms with Gasteiger partial charge in [0.1, 0.15) is 0 Å². The van der Waals surface area contributed by atoms with E-state index in [1.807, 2.05) is 4.90 Å². The maximum Gasteiger partial charge on any atom is 0.324 e. The van der Waals surface area contributed by atoms with Gasteiger partial charge in [0.15, 0.2) is 0 Å². The van der Waals surface area contributed by atoms with Crippen molar-refractivity contribution < 1.29 is 9.59 Å². The first-order valence-electron chi connectivity index (χ1n) is 9.48. The third-order valence-corrected chi connectivity index (χ3v) is 6.43. The minimum atomic E-state index is -0.232. The number of fused-ring (bicyclic) bond motifs is 2. The van der Waals surface area contributed by atoms with E-state index in [2.05, 4.69) is 46.6 Å². The number of rotatable bonds is 2. The van der Waals surface area contributed by atoms with Gasteiger partial charge < -0.3 is 14.8 Å². The zero-order valence-electron chi connectivity index (χ0n) is 15.0. The number of piperidine rings is 1. The maximum absolute atomic E-state index is 12.1. The number of nitrogens with zero attached hydrogens (tertiary/aromatic N) is 2. The normalized spacial score (nSPS) is 29.0. The molecule has 26 heavy (non-hydrogen) atoms. The second kappa shape index (κ2) is 5.84. The van der Waals surface area contributed by atoms with Gasteiger partial charge in [-0.25, -0.2) is 4.79 Å². The lowest BCUT2D eigenvalue weighted by Gasteiger charge is -2.46. The van der Waals surface area contributed by atoms with Crippen molar-refractivity contribution in [3.8, 4) is 0 Å². The Morgan fingerprint density at radius 1 is 1.27 bits per heavy atom. The van der Waals surface area contributed by atoms with E-state index in [1.54, 1.807) is 0 Å². The van der Waals surface area contributed by atoms with Gasteiger partial charge in [-0.05, 0) is 43.0 Å². The number of likely N-dealkylation sites (N-methyl/N-ethyl adjacent to an activating group) is 1. The fourth-order valence-corrected chi connectivity index (χ4v) is 5.27. The van der Waals surface area contributed by atoms with E-state index in [4.69, 9.17) is 0 Å². The average Bonchev–Trinajstić information content (AvgIpc) is 3.03. The van der Waals surface area contributed by atoms with Crippen molar-refractivity contribution in [2.45, 2.75) is 31.2 Å². The molecule has 0 radical (unpaired) electrons. The molecule has 1 aliphatic carbocycles. The van der Waals surface area contributed by atoms with E-state index in [0.29, 0.717) is 30.8 Å². The largest absolute Gasteiger partial charge is 0.361 e. The van der Waals surface area contributed by atoms with E-state index in [-0.39, 0.29) is 11.9 Å². The van der Waals surface area contributed by atoms with E-state index in [0.717, 1.165) is 25.9 Å². The highest BCUT2D eigenvalue weighted by molar-refractivity contribution is 5.96. The number of benzene rings is 1. The van der Waals surface area contributed by atoms with Gasteiger partial charge in [-0.3, -0.25) is 10.1 Å². The molecule has 136 valence electrons. The molecule has 1 aromatic carbocycles. The summed E-state index contributed by atoms with van der Waals surface area (Å²) >= 11 is 0. The molecule has 1 aromatic heterocycles. The minimum Gasteiger partial charge on any atom is -0.361 e. The molecule has 5 rings (SSSR count). The molecular weight excluding hydrogens is 328 g/mol. The third-order valence-electron chi connectivity index (χ3n) is 6.43. The molecule has 2 saturated heterocycles. The number of hydrogen-bond donors (Lipinski definition) is 2. The SMILES string of the molecule is CN1C[C@H](CN2CCC(=O)NC2=O)C[C@@H]2c3cccc4[nH]cc(c34)C[C@H]21. The van der Waals surface area contributed by atoms with E-state index in [1.165, 1.54) is 22.0 Å². The molecule has 6 heteroatoms. The molecule has 3 heterocycles. The highest BCUT2D eigenvalue weighted by Gasteiger charge is 2.40. The number of amides is 3. The smallest absolute Gasteiger partial charge is 0.324 e. The molecule has 2 fully saturated rings. The van der Waals surface area contributed by atoms with Gasteiger partial charge in [0.25, 0.3) is 0 Å². The van der Waals surface area contributed by atoms with Crippen molar-refractivity contribution in [2.75, 3.05) is 26.7 Å². The summed E-state index contributed by atoms with van der Waals surface area (Å²) in [6.07, 6.45) is 4.76. The third kappa shape index (κ3) is 2.43. The van der Waals surface area contributed by atoms with Crippen LogP contribution in [0.2, 0.25) is 0 Å². The second-order valence-electron chi connectivity index (χ2n) is 8.05. The van der Waals surface area contributed by atoms with E-state index >= 15 is 0 Å². The van der Waals surface area contributed by atoms with Crippen molar-refractivity contribution in [2.24, 2.45) is 5.92 Å². The summed E-state index contributed by atoms with van der Waals surface area (Å²) in [5.41, 5.74) is 4.11. The Hall–Kier alpha value is -2.34. The van der Waals surface area contributed by atoms with Crippen LogP contribution in [0.4, 0.5) is 4.79 Å². The van der Waals surface area contributed by atoms with Gasteiger partial charge in [0.05, 0.1) is 0 Å². The Morgan fingerprint density at radius 2 is 2.15 bits per heavy atom. The Morgan fingerprint density at radius 3 is 3.00 bits per heavy atom. The van der Waals surface area contributed by atoms with Crippen molar-refractivity contribution in [3.63, 3.8) is 0 Å². The Labute approximate surface area is 152 Å². The number of nitrogens with one attached hydrogen (secondary N) is 2. The van der Waals surface area contributed by atoms with Gasteiger partial charge in [0, 0.05) is 55.1 Å². The minimum absolute atomic E-state index is 0.161. The molecule has 2 aliphatic heterocycles. The molecule has 2 N–H and O–H groups in total. The van der Waals surface area contributed by atoms with E-state index < -0.39 is 0 Å². The van der Waals surface area contributed by atoms with Gasteiger partial charge >= 0.3 is 6.03 Å². The Kier molecular flexibility index (Phi) is 3.57. The standard InChI is InChI=1S/C20H24N4O2/c1-23-10-12(11-24-6-5-18(25)22-20(24)26)7-15-14-3-2-4-16-19(14)13(9-21-16)8-17(15)23/h2-4,9,12,15,17,21H,5-8,10-11H2,1H3,(H,22,25,26)/t12-,15-,17-/m1/s1. The van der Waals surface area contributed by atoms with Crippen LogP contribution >= 0.6 is 0 Å². The zero-order valence-corrected chi connectivity index (χ0v) is 15.0. The van der Waals surface area contributed by atoms with Crippen LogP contribution in [-0.2, 0) is 11.2 Å². The summed E-state index contributed by atoms with van der Waals surface area (Å²) in [4.78, 5) is 31.2. The molecule has 3 aliphatic rings. The quantitative estimate of drug-likeness (QED) is 0.869. The van der Waals surface area contributed by atoms with E-state index in [9.17, 15) is 9.59 Å². The number of hydrogen-bond acceptors (Lipinski definition) is 3. The molecule has 3 amide bonds. The number of imide groups is 1. The monoisotopic (exact) mass is 352 g/mol. The van der Waals surface area contributed by atoms with Crippen LogP contribution in [0.25, 0.3) is 10.9 Å². The highest BCUT2D eigenvalue weighted by Crippen LogP contribution is 2.44. The molecule has 0 bridgehead atoms. The lowest BCUT2D eigenvalue weighted by Crippen LogP contribution is -2.54. The number of carbonyl (C=O) groups is 2. The molecule has 6 nitrogen and oxygen atoms in total. The van der Waals surface area contributed by atoms with Crippen LogP contribution in [0.15, 0.2) is 24.4 Å². The molecule has 2 aromatic rings. The second-order valence-corrected chi connectivity index (χ2v) is 8.05. The molecule has 0 unspecified atom stereocenters. The number of carbonyl (C=O) groups excluding carboxylic acids is 2. The first kappa shape index (κ1) is 15.9. The number of urea groups is 1. The summed E-state index contributed by atoms with van der Waals surface area (Å²) in [6.45, 7) is 2.26. The first-order valence-corrected chi connectivity index (χ1v) is 9.48. The van der Waals surface area contributed by atoms with Gasteiger partial charge in [-0.15, -0.1) is 0 Å². The Balaban J connectivity index is 1.41. The average molecular weight is 352 g/mol. The summed E-state index contributed by atoms with van der Waals surface area (Å²) in [5, 5.41) is 3.85. The zero-order chi connectivity index (χ0) is 17.8. The molecule has 0 saturated carbocycles. The fourth-order valence-electron chi connectivity index (χ4n) is 5.27. The van der Waals surface area contributed by atoms with Crippen LogP contribution in [-0.4, -0.2) is 59.4 Å². The lowest BCUT2D eigenvalue weighted by molar-refractivity contribution is -0.121. The van der Waals surface area contributed by atoms with Crippen LogP contribution in [0.3, 0.4) is 0 Å². The van der Waals surface area contributed by atoms with Crippen LogP contribution in [0.5, 0.6) is 0 Å². The molecule has 3 atom stereocenters. The van der Waals surface area contributed by atoms with Gasteiger partial charge in [-0.2, -0.15) is 0 Å². The van der Waals surface area contributed by atoms with Gasteiger partial charge in [-0.1, -0.05) is 12.1 Å². The molecule has 0 spiro atoms. The summed E-state index contributed by atoms with van der Waals surface area (Å²) < 4.78 is 0. The predicted molar refractivity (Wildman–Crippen MR) is 99.0 cm³/mol. The molecular formula is C20H24N4O2. The Bertz CT molecular complexity index is 889. The van der Waals surface area contributed by atoms with Crippen LogP contribution < -0.4 is 5.32 Å². The van der Waals surface area contributed by atoms with Gasteiger partial charge in [0.2, 0.25) is 5.91 Å².